The van der Waals surface area contributed by atoms with Crippen LogP contribution < -0.4 is 9.84 Å². The van der Waals surface area contributed by atoms with Crippen LogP contribution in [0, 0.1) is 10.1 Å². The third kappa shape index (κ3) is 14.7. The third-order valence-electron chi connectivity index (χ3n) is 4.18. The number of nitro benzene ring substituents is 1. The minimum Gasteiger partial charge on any atom is -0.542 e. The molecule has 1 rings (SSSR count). The Kier molecular flexibility index (Phi) is 14.4. The minimum absolute atomic E-state index is 0.0655. The van der Waals surface area contributed by atoms with Gasteiger partial charge in [0.1, 0.15) is 24.9 Å². The molecule has 0 radical (unpaired) electrons. The number of alkyl halides is 3. The van der Waals surface area contributed by atoms with Gasteiger partial charge < -0.3 is 19.1 Å². The number of likely N-dealkylation sites (N-methyl/N-ethyl adjacent to an activating group) is 1. The summed E-state index contributed by atoms with van der Waals surface area (Å²) in [5, 5.41) is 19.4. The van der Waals surface area contributed by atoms with E-state index in [0.717, 1.165) is 0 Å². The van der Waals surface area contributed by atoms with Gasteiger partial charge in [-0.15, -0.1) is 0 Å². The normalized spacial score (nSPS) is 11.9. The number of esters is 1. The number of carbonyl (C=O) groups is 2. The number of benzene rings is 1. The summed E-state index contributed by atoms with van der Waals surface area (Å²) in [6.07, 6.45) is -4.41. The summed E-state index contributed by atoms with van der Waals surface area (Å²) in [6, 6.07) is 5.35. The minimum atomic E-state index is -5.19. The maximum atomic E-state index is 12.3. The standard InChI is InChI=1S/C18H30N2O8P.C2HF3O2/c1-5-25-29(24,26-6-2)27-15-14-20(3,4)13-7-8-18(21)28-17-11-9-16(10-12-17)19(22)23;3-2(4,5)1(6)7/h9-12H,5-8,13-15H2,1-4H3;(H,6,7)/q+1;/p-1. The van der Waals surface area contributed by atoms with Crippen LogP contribution in [0.15, 0.2) is 24.3 Å². The molecule has 0 aliphatic carbocycles. The molecule has 0 unspecified atom stereocenters. The summed E-state index contributed by atoms with van der Waals surface area (Å²) in [4.78, 5) is 30.8. The van der Waals surface area contributed by atoms with Crippen LogP contribution in [0.3, 0.4) is 0 Å². The first kappa shape index (κ1) is 33.4. The fourth-order valence-corrected chi connectivity index (χ4v) is 3.57. The number of ether oxygens (including phenoxy) is 1. The number of nitrogens with zero attached hydrogens (tertiary/aromatic N) is 2. The van der Waals surface area contributed by atoms with E-state index in [1.165, 1.54) is 24.3 Å². The second-order valence-electron chi connectivity index (χ2n) is 7.61. The van der Waals surface area contributed by atoms with Crippen LogP contribution in [-0.4, -0.2) is 74.5 Å². The highest BCUT2D eigenvalue weighted by atomic mass is 31.2. The molecule has 0 aliphatic rings. The molecule has 0 bridgehead atoms. The van der Waals surface area contributed by atoms with Gasteiger partial charge in [-0.25, -0.2) is 4.57 Å². The topological polar surface area (TPSA) is 154 Å². The molecule has 0 aromatic heterocycles. The van der Waals surface area contributed by atoms with Gasteiger partial charge in [0.25, 0.3) is 5.69 Å². The SMILES string of the molecule is CCOP(=O)(OCC)OCC[N+](C)(C)CCCC(=O)Oc1ccc([N+](=O)[O-])cc1.O=C([O-])C(F)(F)F. The first-order valence-electron chi connectivity index (χ1n) is 10.6. The zero-order chi connectivity index (χ0) is 28.0. The fourth-order valence-electron chi connectivity index (χ4n) is 2.41. The van der Waals surface area contributed by atoms with Crippen molar-refractivity contribution in [1.82, 2.24) is 0 Å². The largest absolute Gasteiger partial charge is 0.542 e. The maximum Gasteiger partial charge on any atom is 0.474 e. The Morgan fingerprint density at radius 2 is 1.53 bits per heavy atom. The number of halogens is 3. The lowest BCUT2D eigenvalue weighted by Gasteiger charge is -2.30. The van der Waals surface area contributed by atoms with Gasteiger partial charge in [0, 0.05) is 18.6 Å². The van der Waals surface area contributed by atoms with Crippen molar-refractivity contribution in [2.24, 2.45) is 0 Å². The molecule has 16 heteroatoms. The number of phosphoric ester groups is 1. The number of carboxylic acid groups (broad SMARTS) is 1. The molecule has 0 N–H and O–H groups in total. The van der Waals surface area contributed by atoms with Crippen molar-refractivity contribution < 1.29 is 60.1 Å². The van der Waals surface area contributed by atoms with Crippen LogP contribution in [0.4, 0.5) is 18.9 Å². The number of nitro groups is 1. The molecule has 1 aromatic rings. The number of carbonyl (C=O) groups excluding carboxylic acids is 2. The molecule has 0 amide bonds. The number of rotatable bonds is 14. The van der Waals surface area contributed by atoms with E-state index in [-0.39, 0.29) is 37.7 Å². The van der Waals surface area contributed by atoms with Gasteiger partial charge in [-0.3, -0.25) is 28.5 Å². The van der Waals surface area contributed by atoms with Crippen molar-refractivity contribution >= 4 is 25.4 Å². The van der Waals surface area contributed by atoms with Crippen LogP contribution >= 0.6 is 7.82 Å². The van der Waals surface area contributed by atoms with Crippen molar-refractivity contribution in [3.63, 3.8) is 0 Å². The van der Waals surface area contributed by atoms with Gasteiger partial charge in [0.05, 0.1) is 45.2 Å². The average molecular weight is 546 g/mol. The first-order chi connectivity index (χ1) is 16.5. The van der Waals surface area contributed by atoms with Gasteiger partial charge >= 0.3 is 20.0 Å². The van der Waals surface area contributed by atoms with E-state index < -0.39 is 30.9 Å². The quantitative estimate of drug-likeness (QED) is 0.0850. The summed E-state index contributed by atoms with van der Waals surface area (Å²) in [7, 11) is 0.417. The lowest BCUT2D eigenvalue weighted by atomic mass is 10.2. The summed E-state index contributed by atoms with van der Waals surface area (Å²) in [5.41, 5.74) is -0.0655. The van der Waals surface area contributed by atoms with E-state index in [9.17, 15) is 32.6 Å². The number of phosphoric acid groups is 1. The van der Waals surface area contributed by atoms with Crippen LogP contribution in [0.1, 0.15) is 26.7 Å². The van der Waals surface area contributed by atoms with Crippen molar-refractivity contribution in [2.45, 2.75) is 32.9 Å². The smallest absolute Gasteiger partial charge is 0.474 e. The van der Waals surface area contributed by atoms with E-state index in [0.29, 0.717) is 24.0 Å². The molecule has 0 saturated carbocycles. The van der Waals surface area contributed by atoms with Crippen molar-refractivity contribution in [1.29, 1.82) is 0 Å². The summed E-state index contributed by atoms with van der Waals surface area (Å²) < 4.78 is 65.0. The molecule has 0 atom stereocenters. The maximum absolute atomic E-state index is 12.3. The van der Waals surface area contributed by atoms with Gasteiger partial charge in [0.2, 0.25) is 0 Å². The molecule has 0 spiro atoms. The predicted molar refractivity (Wildman–Crippen MR) is 118 cm³/mol. The van der Waals surface area contributed by atoms with Crippen LogP contribution in [0.5, 0.6) is 5.75 Å². The zero-order valence-electron chi connectivity index (χ0n) is 20.3. The number of quaternary nitrogens is 1. The summed E-state index contributed by atoms with van der Waals surface area (Å²) >= 11 is 0. The first-order valence-corrected chi connectivity index (χ1v) is 12.1. The van der Waals surface area contributed by atoms with E-state index in [4.69, 9.17) is 28.2 Å². The third-order valence-corrected chi connectivity index (χ3v) is 5.82. The average Bonchev–Trinajstić information content (AvgIpc) is 2.73. The molecular formula is C20H30F3N2O10P. The Morgan fingerprint density at radius 1 is 1.03 bits per heavy atom. The van der Waals surface area contributed by atoms with Crippen LogP contribution in [0.2, 0.25) is 0 Å². The number of aliphatic carboxylic acids is 1. The lowest BCUT2D eigenvalue weighted by Crippen LogP contribution is -2.43. The van der Waals surface area contributed by atoms with Gasteiger partial charge in [-0.2, -0.15) is 13.2 Å². The van der Waals surface area contributed by atoms with E-state index >= 15 is 0 Å². The highest BCUT2D eigenvalue weighted by Crippen LogP contribution is 2.49. The lowest BCUT2D eigenvalue weighted by molar-refractivity contribution is -0.890. The van der Waals surface area contributed by atoms with Crippen molar-refractivity contribution in [3.8, 4) is 5.75 Å². The van der Waals surface area contributed by atoms with E-state index in [1.807, 2.05) is 14.1 Å². The van der Waals surface area contributed by atoms with E-state index in [2.05, 4.69) is 0 Å². The Morgan fingerprint density at radius 3 is 1.94 bits per heavy atom. The molecule has 12 nitrogen and oxygen atoms in total. The van der Waals surface area contributed by atoms with Gasteiger partial charge in [-0.1, -0.05) is 0 Å². The molecule has 0 saturated heterocycles. The number of carboxylic acids is 1. The summed E-state index contributed by atoms with van der Waals surface area (Å²) in [5.74, 6) is -3.15. The van der Waals surface area contributed by atoms with Crippen LogP contribution in [0.25, 0.3) is 0 Å². The molecule has 0 aliphatic heterocycles. The Bertz CT molecular complexity index is 885. The van der Waals surface area contributed by atoms with Crippen LogP contribution in [-0.2, 0) is 27.7 Å². The number of hydrogen-bond acceptors (Lipinski definition) is 10. The Hall–Kier alpha value is -2.58. The Labute approximate surface area is 206 Å². The Balaban J connectivity index is 0.00000152. The fraction of sp³-hybridized carbons (Fsp3) is 0.600. The van der Waals surface area contributed by atoms with Crippen molar-refractivity contribution in [3.05, 3.63) is 34.4 Å². The number of hydrogen-bond donors (Lipinski definition) is 0. The molecule has 1 aromatic carbocycles. The van der Waals surface area contributed by atoms with Gasteiger partial charge in [-0.05, 0) is 26.0 Å². The predicted octanol–water partition coefficient (Wildman–Crippen LogP) is 2.85. The second kappa shape index (κ2) is 15.5. The molecule has 0 heterocycles. The number of non-ortho nitro benzene ring substituents is 1. The molecule has 206 valence electrons. The molecule has 36 heavy (non-hydrogen) atoms. The second-order valence-corrected chi connectivity index (χ2v) is 9.28. The summed E-state index contributed by atoms with van der Waals surface area (Å²) in [6.45, 7) is 5.31. The molecular weight excluding hydrogens is 516 g/mol. The van der Waals surface area contributed by atoms with E-state index in [1.54, 1.807) is 13.8 Å². The molecule has 0 fully saturated rings. The van der Waals surface area contributed by atoms with Gasteiger partial charge in [0.15, 0.2) is 0 Å². The highest BCUT2D eigenvalue weighted by Gasteiger charge is 2.29. The van der Waals surface area contributed by atoms with Crippen molar-refractivity contribution in [2.75, 3.05) is 47.0 Å². The zero-order valence-corrected chi connectivity index (χ0v) is 21.2. The monoisotopic (exact) mass is 546 g/mol. The highest BCUT2D eigenvalue weighted by molar-refractivity contribution is 7.48.